The lowest BCUT2D eigenvalue weighted by Crippen LogP contribution is -2.33. The van der Waals surface area contributed by atoms with Crippen LogP contribution >= 0.6 is 0 Å². The van der Waals surface area contributed by atoms with Crippen molar-refractivity contribution in [2.24, 2.45) is 5.92 Å². The number of benzene rings is 1. The van der Waals surface area contributed by atoms with E-state index in [0.717, 1.165) is 6.42 Å². The predicted molar refractivity (Wildman–Crippen MR) is 85.0 cm³/mol. The van der Waals surface area contributed by atoms with E-state index in [9.17, 15) is 22.8 Å². The van der Waals surface area contributed by atoms with Gasteiger partial charge in [-0.3, -0.25) is 9.59 Å². The van der Waals surface area contributed by atoms with E-state index in [-0.39, 0.29) is 28.9 Å². The van der Waals surface area contributed by atoms with Crippen LogP contribution in [0.15, 0.2) is 17.1 Å². The number of hydrogen-bond acceptors (Lipinski definition) is 3. The third-order valence-corrected chi connectivity index (χ3v) is 4.36. The number of rotatable bonds is 4. The number of halogens is 3. The van der Waals surface area contributed by atoms with Crippen LogP contribution in [-0.2, 0) is 11.3 Å². The number of ether oxygens (including phenoxy) is 1. The fourth-order valence-corrected chi connectivity index (χ4v) is 2.95. The number of aromatic nitrogens is 1. The maximum Gasteiger partial charge on any atom is 0.256 e. The van der Waals surface area contributed by atoms with Gasteiger partial charge < -0.3 is 14.6 Å². The summed E-state index contributed by atoms with van der Waals surface area (Å²) in [6, 6.07) is 0.629. The van der Waals surface area contributed by atoms with Crippen molar-refractivity contribution in [1.82, 2.24) is 9.88 Å². The topological polar surface area (TPSA) is 60.3 Å². The summed E-state index contributed by atoms with van der Waals surface area (Å²) in [5.74, 6) is -5.02. The second-order valence-electron chi connectivity index (χ2n) is 5.98. The molecule has 0 radical (unpaired) electrons. The van der Waals surface area contributed by atoms with Gasteiger partial charge in [0.15, 0.2) is 17.5 Å². The number of nitrogens with zero attached hydrogens (tertiary/aromatic N) is 1. The standard InChI is InChI=1S/C17H17F3N2O3/c1-2-22-7-11(17(24)21-6-9-3-4-25-8-9)16(23)10-5-12(18)13(19)14(20)15(10)22/h5,7,9H,2-4,6,8H2,1H3,(H,21,24)/t9-/m0/s1. The Morgan fingerprint density at radius 2 is 2.12 bits per heavy atom. The normalized spacial score (nSPS) is 17.2. The first kappa shape index (κ1) is 17.5. The zero-order valence-corrected chi connectivity index (χ0v) is 13.6. The molecule has 0 aliphatic carbocycles. The van der Waals surface area contributed by atoms with Crippen molar-refractivity contribution in [1.29, 1.82) is 0 Å². The Morgan fingerprint density at radius 3 is 2.76 bits per heavy atom. The summed E-state index contributed by atoms with van der Waals surface area (Å²) < 4.78 is 47.6. The number of carbonyl (C=O) groups is 1. The van der Waals surface area contributed by atoms with Gasteiger partial charge >= 0.3 is 0 Å². The Morgan fingerprint density at radius 1 is 1.36 bits per heavy atom. The second-order valence-corrected chi connectivity index (χ2v) is 5.98. The molecule has 1 aromatic carbocycles. The highest BCUT2D eigenvalue weighted by molar-refractivity contribution is 5.97. The van der Waals surface area contributed by atoms with Crippen LogP contribution in [0.3, 0.4) is 0 Å². The van der Waals surface area contributed by atoms with Gasteiger partial charge in [0.05, 0.1) is 17.5 Å². The van der Waals surface area contributed by atoms with Crippen molar-refractivity contribution >= 4 is 16.8 Å². The quantitative estimate of drug-likeness (QED) is 0.857. The predicted octanol–water partition coefficient (Wildman–Crippen LogP) is 2.21. The number of carbonyl (C=O) groups excluding carboxylic acids is 1. The molecule has 5 nitrogen and oxygen atoms in total. The van der Waals surface area contributed by atoms with Crippen LogP contribution < -0.4 is 10.7 Å². The van der Waals surface area contributed by atoms with E-state index in [1.165, 1.54) is 10.8 Å². The third-order valence-electron chi connectivity index (χ3n) is 4.36. The van der Waals surface area contributed by atoms with E-state index in [0.29, 0.717) is 25.8 Å². The Kier molecular flexibility index (Phi) is 4.80. The van der Waals surface area contributed by atoms with Crippen molar-refractivity contribution in [3.05, 3.63) is 45.5 Å². The fourth-order valence-electron chi connectivity index (χ4n) is 2.95. The summed E-state index contributed by atoms with van der Waals surface area (Å²) in [5, 5.41) is 2.28. The maximum atomic E-state index is 14.1. The van der Waals surface area contributed by atoms with Gasteiger partial charge in [-0.1, -0.05) is 0 Å². The van der Waals surface area contributed by atoms with Crippen LogP contribution in [0.4, 0.5) is 13.2 Å². The average molecular weight is 354 g/mol. The number of amides is 1. The van der Waals surface area contributed by atoms with Crippen LogP contribution in [0.2, 0.25) is 0 Å². The van der Waals surface area contributed by atoms with Crippen molar-refractivity contribution in [2.75, 3.05) is 19.8 Å². The minimum Gasteiger partial charge on any atom is -0.381 e. The van der Waals surface area contributed by atoms with Gasteiger partial charge in [-0.15, -0.1) is 0 Å². The number of hydrogen-bond donors (Lipinski definition) is 1. The van der Waals surface area contributed by atoms with Gasteiger partial charge in [0.1, 0.15) is 5.56 Å². The Bertz CT molecular complexity index is 889. The highest BCUT2D eigenvalue weighted by atomic mass is 19.2. The number of pyridine rings is 1. The molecule has 2 heterocycles. The van der Waals surface area contributed by atoms with Crippen LogP contribution in [0, 0.1) is 23.4 Å². The molecule has 1 N–H and O–H groups in total. The van der Waals surface area contributed by atoms with Crippen LogP contribution in [-0.4, -0.2) is 30.2 Å². The van der Waals surface area contributed by atoms with Crippen molar-refractivity contribution in [3.63, 3.8) is 0 Å². The molecule has 0 saturated carbocycles. The molecule has 2 aromatic rings. The summed E-state index contributed by atoms with van der Waals surface area (Å²) in [6.07, 6.45) is 1.98. The highest BCUT2D eigenvalue weighted by Gasteiger charge is 2.23. The molecule has 1 fully saturated rings. The van der Waals surface area contributed by atoms with E-state index in [1.54, 1.807) is 6.92 Å². The van der Waals surface area contributed by atoms with E-state index < -0.39 is 28.8 Å². The van der Waals surface area contributed by atoms with E-state index in [1.807, 2.05) is 0 Å². The monoisotopic (exact) mass is 354 g/mol. The van der Waals surface area contributed by atoms with Crippen LogP contribution in [0.5, 0.6) is 0 Å². The minimum absolute atomic E-state index is 0.168. The molecule has 1 atom stereocenters. The fraction of sp³-hybridized carbons (Fsp3) is 0.412. The zero-order chi connectivity index (χ0) is 18.1. The minimum atomic E-state index is -1.65. The first-order valence-corrected chi connectivity index (χ1v) is 8.00. The summed E-state index contributed by atoms with van der Waals surface area (Å²) >= 11 is 0. The van der Waals surface area contributed by atoms with Gasteiger partial charge in [-0.05, 0) is 19.4 Å². The van der Waals surface area contributed by atoms with Gasteiger partial charge in [0.25, 0.3) is 5.91 Å². The van der Waals surface area contributed by atoms with E-state index >= 15 is 0 Å². The first-order chi connectivity index (χ1) is 11.9. The molecule has 1 aromatic heterocycles. The largest absolute Gasteiger partial charge is 0.381 e. The van der Waals surface area contributed by atoms with Crippen LogP contribution in [0.25, 0.3) is 10.9 Å². The van der Waals surface area contributed by atoms with Crippen LogP contribution in [0.1, 0.15) is 23.7 Å². The van der Waals surface area contributed by atoms with Crippen molar-refractivity contribution < 1.29 is 22.7 Å². The maximum absolute atomic E-state index is 14.1. The zero-order valence-electron chi connectivity index (χ0n) is 13.6. The number of fused-ring (bicyclic) bond motifs is 1. The lowest BCUT2D eigenvalue weighted by atomic mass is 10.1. The Balaban J connectivity index is 2.04. The Hall–Kier alpha value is -2.35. The second kappa shape index (κ2) is 6.87. The lowest BCUT2D eigenvalue weighted by molar-refractivity contribution is 0.0943. The molecule has 0 bridgehead atoms. The third kappa shape index (κ3) is 3.13. The lowest BCUT2D eigenvalue weighted by Gasteiger charge is -2.14. The average Bonchev–Trinajstić information content (AvgIpc) is 3.12. The molecule has 1 aliphatic rings. The smallest absolute Gasteiger partial charge is 0.256 e. The Labute approximate surface area is 141 Å². The summed E-state index contributed by atoms with van der Waals surface area (Å²) in [4.78, 5) is 24.8. The molecule has 1 amide bonds. The van der Waals surface area contributed by atoms with E-state index in [4.69, 9.17) is 4.74 Å². The van der Waals surface area contributed by atoms with E-state index in [2.05, 4.69) is 5.32 Å². The number of nitrogens with one attached hydrogen (secondary N) is 1. The molecule has 25 heavy (non-hydrogen) atoms. The summed E-state index contributed by atoms with van der Waals surface area (Å²) in [5.41, 5.74) is -1.43. The molecule has 1 aliphatic heterocycles. The van der Waals surface area contributed by atoms with Crippen molar-refractivity contribution in [2.45, 2.75) is 19.9 Å². The van der Waals surface area contributed by atoms with Gasteiger partial charge in [0, 0.05) is 31.8 Å². The molecule has 134 valence electrons. The molecular weight excluding hydrogens is 337 g/mol. The molecule has 0 spiro atoms. The summed E-state index contributed by atoms with van der Waals surface area (Å²) in [7, 11) is 0. The van der Waals surface area contributed by atoms with Gasteiger partial charge in [-0.2, -0.15) is 0 Å². The molecule has 1 saturated heterocycles. The SMILES string of the molecule is CCn1cc(C(=O)NC[C@@H]2CCOC2)c(=O)c2cc(F)c(F)c(F)c21. The molecule has 8 heteroatoms. The van der Waals surface area contributed by atoms with Gasteiger partial charge in [-0.25, -0.2) is 13.2 Å². The summed E-state index contributed by atoms with van der Waals surface area (Å²) in [6.45, 7) is 3.32. The highest BCUT2D eigenvalue weighted by Crippen LogP contribution is 2.22. The van der Waals surface area contributed by atoms with Gasteiger partial charge in [0.2, 0.25) is 5.43 Å². The molecule has 0 unspecified atom stereocenters. The first-order valence-electron chi connectivity index (χ1n) is 8.00. The van der Waals surface area contributed by atoms with Crippen molar-refractivity contribution in [3.8, 4) is 0 Å². The molecule has 3 rings (SSSR count). The molecular formula is C17H17F3N2O3. The number of aryl methyl sites for hydroxylation is 1.